The number of hydrogen-bond donors (Lipinski definition) is 2. The summed E-state index contributed by atoms with van der Waals surface area (Å²) >= 11 is 0. The minimum absolute atomic E-state index is 0.228. The highest BCUT2D eigenvalue weighted by molar-refractivity contribution is 7.86. The van der Waals surface area contributed by atoms with Crippen LogP contribution in [-0.2, 0) is 16.8 Å². The summed E-state index contributed by atoms with van der Waals surface area (Å²) < 4.78 is 41.2. The number of carbonyl (C=O) groups excluding carboxylic acids is 1. The van der Waals surface area contributed by atoms with Crippen LogP contribution in [-0.4, -0.2) is 73.2 Å². The Morgan fingerprint density at radius 1 is 1.16 bits per heavy atom. The monoisotopic (exact) mass is 461 g/mol. The lowest BCUT2D eigenvalue weighted by Crippen LogP contribution is -2.51. The maximum Gasteiger partial charge on any atom is 0.323 e. The van der Waals surface area contributed by atoms with Gasteiger partial charge in [0, 0.05) is 52.5 Å². The fraction of sp³-hybridized carbons (Fsp3) is 0.350. The molecular formula is C20H24FN7O3S. The minimum Gasteiger partial charge on any atom is -0.308 e. The number of anilines is 2. The molecule has 0 bridgehead atoms. The number of hydrogen-bond acceptors (Lipinski definition) is 6. The van der Waals surface area contributed by atoms with Crippen LogP contribution >= 0.6 is 0 Å². The number of benzene rings is 1. The van der Waals surface area contributed by atoms with Crippen molar-refractivity contribution in [2.24, 2.45) is 0 Å². The topological polar surface area (TPSA) is 122 Å². The molecule has 0 atom stereocenters. The number of pyridine rings is 1. The second-order valence-electron chi connectivity index (χ2n) is 7.44. The van der Waals surface area contributed by atoms with Gasteiger partial charge in [0.25, 0.3) is 10.2 Å². The second kappa shape index (κ2) is 10.0. The molecule has 1 aromatic heterocycles. The molecule has 2 amide bonds. The first-order chi connectivity index (χ1) is 15.2. The molecule has 0 aliphatic carbocycles. The van der Waals surface area contributed by atoms with Crippen LogP contribution < -0.4 is 10.6 Å². The van der Waals surface area contributed by atoms with E-state index in [4.69, 9.17) is 5.26 Å². The molecule has 1 saturated heterocycles. The molecule has 2 N–H and O–H groups in total. The molecule has 2 aromatic rings. The number of urea groups is 1. The fourth-order valence-corrected chi connectivity index (χ4v) is 4.34. The van der Waals surface area contributed by atoms with E-state index in [2.05, 4.69) is 15.6 Å². The summed E-state index contributed by atoms with van der Waals surface area (Å²) in [4.78, 5) is 18.1. The molecule has 12 heteroatoms. The Balaban J connectivity index is 1.58. The van der Waals surface area contributed by atoms with Crippen LogP contribution in [0.25, 0.3) is 0 Å². The SMILES string of the molecule is CN(C)S(=O)(=O)N1CCN(Cc2cc(F)cc(NC(=O)Nc3ccc(C#N)nc3)c2)CC1. The lowest BCUT2D eigenvalue weighted by Gasteiger charge is -2.35. The van der Waals surface area contributed by atoms with E-state index in [-0.39, 0.29) is 11.4 Å². The third kappa shape index (κ3) is 5.98. The van der Waals surface area contributed by atoms with Crippen molar-refractivity contribution < 1.29 is 17.6 Å². The molecule has 1 aliphatic heterocycles. The van der Waals surface area contributed by atoms with Crippen molar-refractivity contribution in [2.75, 3.05) is 50.9 Å². The van der Waals surface area contributed by atoms with Crippen LogP contribution in [0.2, 0.25) is 0 Å². The number of piperazine rings is 1. The van der Waals surface area contributed by atoms with Crippen LogP contribution in [0.5, 0.6) is 0 Å². The van der Waals surface area contributed by atoms with Gasteiger partial charge in [-0.15, -0.1) is 0 Å². The first-order valence-electron chi connectivity index (χ1n) is 9.81. The first kappa shape index (κ1) is 23.6. The highest BCUT2D eigenvalue weighted by Crippen LogP contribution is 2.18. The average Bonchev–Trinajstić information content (AvgIpc) is 2.74. The van der Waals surface area contributed by atoms with E-state index >= 15 is 0 Å². The van der Waals surface area contributed by atoms with Crippen molar-refractivity contribution in [3.63, 3.8) is 0 Å². The average molecular weight is 462 g/mol. The molecule has 10 nitrogen and oxygen atoms in total. The molecular weight excluding hydrogens is 437 g/mol. The van der Waals surface area contributed by atoms with Gasteiger partial charge in [0.2, 0.25) is 0 Å². The summed E-state index contributed by atoms with van der Waals surface area (Å²) in [7, 11) is -0.454. The van der Waals surface area contributed by atoms with Crippen LogP contribution in [0.1, 0.15) is 11.3 Å². The first-order valence-corrected chi connectivity index (χ1v) is 11.2. The third-order valence-corrected chi connectivity index (χ3v) is 6.82. The van der Waals surface area contributed by atoms with Crippen molar-refractivity contribution in [1.29, 1.82) is 5.26 Å². The van der Waals surface area contributed by atoms with Crippen molar-refractivity contribution in [2.45, 2.75) is 6.54 Å². The van der Waals surface area contributed by atoms with E-state index in [0.29, 0.717) is 44.0 Å². The molecule has 0 spiro atoms. The van der Waals surface area contributed by atoms with Crippen LogP contribution in [0, 0.1) is 17.1 Å². The molecule has 2 heterocycles. The number of carbonyl (C=O) groups is 1. The van der Waals surface area contributed by atoms with Crippen molar-refractivity contribution in [1.82, 2.24) is 18.5 Å². The Morgan fingerprint density at radius 2 is 1.84 bits per heavy atom. The molecule has 1 fully saturated rings. The quantitative estimate of drug-likeness (QED) is 0.675. The van der Waals surface area contributed by atoms with E-state index in [1.807, 2.05) is 11.0 Å². The normalized spacial score (nSPS) is 15.3. The smallest absolute Gasteiger partial charge is 0.308 e. The van der Waals surface area contributed by atoms with Gasteiger partial charge in [-0.2, -0.15) is 22.3 Å². The maximum atomic E-state index is 14.1. The zero-order chi connectivity index (χ0) is 23.3. The summed E-state index contributed by atoms with van der Waals surface area (Å²) in [6.45, 7) is 2.14. The highest BCUT2D eigenvalue weighted by atomic mass is 32.2. The summed E-state index contributed by atoms with van der Waals surface area (Å²) in [5.74, 6) is -0.494. The molecule has 1 aromatic carbocycles. The largest absolute Gasteiger partial charge is 0.323 e. The lowest BCUT2D eigenvalue weighted by molar-refractivity contribution is 0.177. The van der Waals surface area contributed by atoms with E-state index in [9.17, 15) is 17.6 Å². The van der Waals surface area contributed by atoms with Gasteiger partial charge in [-0.25, -0.2) is 14.2 Å². The number of nitrogens with zero attached hydrogens (tertiary/aromatic N) is 5. The molecule has 32 heavy (non-hydrogen) atoms. The number of aromatic nitrogens is 1. The third-order valence-electron chi connectivity index (χ3n) is 4.88. The summed E-state index contributed by atoms with van der Waals surface area (Å²) in [5.41, 5.74) is 1.56. The number of rotatable bonds is 6. The van der Waals surface area contributed by atoms with Gasteiger partial charge in [-0.1, -0.05) is 0 Å². The Hall–Kier alpha value is -3.11. The second-order valence-corrected chi connectivity index (χ2v) is 9.58. The zero-order valence-corrected chi connectivity index (χ0v) is 18.6. The number of nitrogens with one attached hydrogen (secondary N) is 2. The standard InChI is InChI=1S/C20H24FN7O3S/c1-26(2)32(30,31)28-7-5-27(6-8-28)14-15-9-16(21)11-19(10-15)25-20(29)24-18-4-3-17(12-22)23-13-18/h3-4,9-11,13H,5-8,14H2,1-2H3,(H2,24,25,29). The molecule has 0 saturated carbocycles. The minimum atomic E-state index is -3.45. The van der Waals surface area contributed by atoms with Crippen molar-refractivity contribution in [3.8, 4) is 6.07 Å². The van der Waals surface area contributed by atoms with Crippen LogP contribution in [0.15, 0.2) is 36.5 Å². The molecule has 3 rings (SSSR count). The van der Waals surface area contributed by atoms with Crippen molar-refractivity contribution >= 4 is 27.6 Å². The van der Waals surface area contributed by atoms with E-state index in [0.717, 1.165) is 0 Å². The Bertz CT molecular complexity index is 1110. The summed E-state index contributed by atoms with van der Waals surface area (Å²) in [6.07, 6.45) is 1.35. The van der Waals surface area contributed by atoms with E-state index in [1.54, 1.807) is 6.07 Å². The highest BCUT2D eigenvalue weighted by Gasteiger charge is 2.28. The summed E-state index contributed by atoms with van der Waals surface area (Å²) in [6, 6.07) is 8.59. The maximum absolute atomic E-state index is 14.1. The van der Waals surface area contributed by atoms with Gasteiger partial charge in [0.15, 0.2) is 0 Å². The predicted octanol–water partition coefficient (Wildman–Crippen LogP) is 1.66. The number of amides is 2. The van der Waals surface area contributed by atoms with Crippen LogP contribution in [0.3, 0.4) is 0 Å². The van der Waals surface area contributed by atoms with Gasteiger partial charge in [-0.05, 0) is 35.9 Å². The molecule has 0 radical (unpaired) electrons. The molecule has 170 valence electrons. The van der Waals surface area contributed by atoms with Gasteiger partial charge < -0.3 is 10.6 Å². The van der Waals surface area contributed by atoms with Gasteiger partial charge in [0.05, 0.1) is 11.9 Å². The number of nitriles is 1. The van der Waals surface area contributed by atoms with Crippen molar-refractivity contribution in [3.05, 3.63) is 53.6 Å². The number of halogens is 1. The van der Waals surface area contributed by atoms with Crippen LogP contribution in [0.4, 0.5) is 20.6 Å². The van der Waals surface area contributed by atoms with Gasteiger partial charge in [-0.3, -0.25) is 4.90 Å². The summed E-state index contributed by atoms with van der Waals surface area (Å²) in [5, 5.41) is 13.9. The van der Waals surface area contributed by atoms with Gasteiger partial charge in [0.1, 0.15) is 17.6 Å². The fourth-order valence-electron chi connectivity index (χ4n) is 3.25. The predicted molar refractivity (Wildman–Crippen MR) is 117 cm³/mol. The zero-order valence-electron chi connectivity index (χ0n) is 17.7. The Kier molecular flexibility index (Phi) is 7.37. The lowest BCUT2D eigenvalue weighted by atomic mass is 10.1. The van der Waals surface area contributed by atoms with E-state index < -0.39 is 22.1 Å². The van der Waals surface area contributed by atoms with E-state index in [1.165, 1.54) is 53.2 Å². The Labute approximate surface area is 186 Å². The molecule has 0 unspecified atom stereocenters. The molecule has 1 aliphatic rings. The Morgan fingerprint density at radius 3 is 2.44 bits per heavy atom. The van der Waals surface area contributed by atoms with Gasteiger partial charge >= 0.3 is 6.03 Å².